The van der Waals surface area contributed by atoms with Gasteiger partial charge in [-0.25, -0.2) is 4.79 Å². The van der Waals surface area contributed by atoms with Crippen molar-refractivity contribution in [3.8, 4) is 0 Å². The number of fused-ring (bicyclic) bond motifs is 1. The van der Waals surface area contributed by atoms with Crippen molar-refractivity contribution >= 4 is 12.0 Å². The van der Waals surface area contributed by atoms with Crippen molar-refractivity contribution in [2.24, 2.45) is 5.92 Å². The largest absolute Gasteiger partial charge is 0.462 e. The van der Waals surface area contributed by atoms with Crippen molar-refractivity contribution < 1.29 is 14.3 Å². The summed E-state index contributed by atoms with van der Waals surface area (Å²) >= 11 is 0. The van der Waals surface area contributed by atoms with Crippen LogP contribution in [0, 0.1) is 5.92 Å². The van der Waals surface area contributed by atoms with E-state index in [-0.39, 0.29) is 11.9 Å². The molecule has 0 saturated heterocycles. The second kappa shape index (κ2) is 7.95. The molecule has 1 aromatic rings. The summed E-state index contributed by atoms with van der Waals surface area (Å²) in [5, 5.41) is 0. The van der Waals surface area contributed by atoms with Gasteiger partial charge in [-0.2, -0.15) is 0 Å². The maximum absolute atomic E-state index is 12.3. The van der Waals surface area contributed by atoms with Gasteiger partial charge in [0.25, 0.3) is 0 Å². The summed E-state index contributed by atoms with van der Waals surface area (Å²) in [6.07, 6.45) is 6.15. The smallest absolute Gasteiger partial charge is 0.336 e. The van der Waals surface area contributed by atoms with Crippen molar-refractivity contribution in [2.75, 3.05) is 19.8 Å². The van der Waals surface area contributed by atoms with Gasteiger partial charge in [-0.1, -0.05) is 56.3 Å². The van der Waals surface area contributed by atoms with E-state index in [2.05, 4.69) is 24.3 Å². The van der Waals surface area contributed by atoms with E-state index in [1.165, 1.54) is 11.1 Å². The summed E-state index contributed by atoms with van der Waals surface area (Å²) in [5.74, 6) is 0.155. The van der Waals surface area contributed by atoms with Crippen LogP contribution in [0.5, 0.6) is 0 Å². The average molecular weight is 300 g/mol. The molecule has 0 fully saturated rings. The second-order valence-electron chi connectivity index (χ2n) is 5.84. The van der Waals surface area contributed by atoms with E-state index in [0.29, 0.717) is 31.3 Å². The van der Waals surface area contributed by atoms with E-state index in [1.54, 1.807) is 0 Å². The third-order valence-corrected chi connectivity index (χ3v) is 3.49. The first kappa shape index (κ1) is 16.5. The van der Waals surface area contributed by atoms with E-state index in [9.17, 15) is 4.79 Å². The molecule has 0 N–H and O–H groups in total. The molecule has 0 spiro atoms. The molecule has 1 atom stereocenters. The monoisotopic (exact) mass is 300 g/mol. The third kappa shape index (κ3) is 4.31. The highest BCUT2D eigenvalue weighted by Gasteiger charge is 2.19. The van der Waals surface area contributed by atoms with Gasteiger partial charge in [-0.15, -0.1) is 0 Å². The molecular formula is C19H24O3. The number of rotatable bonds is 7. The minimum Gasteiger partial charge on any atom is -0.462 e. The number of carbonyl (C=O) groups is 1. The lowest BCUT2D eigenvalue weighted by molar-refractivity contribution is -0.140. The Morgan fingerprint density at radius 3 is 2.82 bits per heavy atom. The van der Waals surface area contributed by atoms with E-state index >= 15 is 0 Å². The van der Waals surface area contributed by atoms with Crippen LogP contribution in [0.15, 0.2) is 42.0 Å². The summed E-state index contributed by atoms with van der Waals surface area (Å²) in [7, 11) is 0. The Morgan fingerprint density at radius 2 is 2.09 bits per heavy atom. The first-order valence-electron chi connectivity index (χ1n) is 7.84. The molecule has 0 saturated carbocycles. The van der Waals surface area contributed by atoms with Crippen molar-refractivity contribution in [1.29, 1.82) is 0 Å². The van der Waals surface area contributed by atoms with E-state index in [1.807, 2.05) is 39.0 Å². The Bertz CT molecular complexity index is 570. The molecule has 0 radical (unpaired) electrons. The fourth-order valence-corrected chi connectivity index (χ4v) is 2.36. The van der Waals surface area contributed by atoms with Gasteiger partial charge in [0.05, 0.1) is 18.8 Å². The van der Waals surface area contributed by atoms with Crippen molar-refractivity contribution in [3.63, 3.8) is 0 Å². The van der Waals surface area contributed by atoms with Crippen LogP contribution in [0.25, 0.3) is 6.08 Å². The van der Waals surface area contributed by atoms with E-state index in [0.717, 1.165) is 0 Å². The molecule has 22 heavy (non-hydrogen) atoms. The molecule has 1 aliphatic rings. The second-order valence-corrected chi connectivity index (χ2v) is 5.84. The van der Waals surface area contributed by atoms with Gasteiger partial charge >= 0.3 is 5.97 Å². The van der Waals surface area contributed by atoms with Crippen LogP contribution >= 0.6 is 0 Å². The summed E-state index contributed by atoms with van der Waals surface area (Å²) in [6, 6.07) is 8.21. The number of hydrogen-bond donors (Lipinski definition) is 0. The van der Waals surface area contributed by atoms with Gasteiger partial charge in [-0.3, -0.25) is 0 Å². The van der Waals surface area contributed by atoms with E-state index < -0.39 is 0 Å². The molecule has 1 unspecified atom stereocenters. The number of carbonyl (C=O) groups excluding carboxylic acids is 1. The van der Waals surface area contributed by atoms with Crippen molar-refractivity contribution in [2.45, 2.75) is 26.7 Å². The lowest BCUT2D eigenvalue weighted by Gasteiger charge is -2.13. The lowest BCUT2D eigenvalue weighted by atomic mass is 9.98. The highest BCUT2D eigenvalue weighted by molar-refractivity contribution is 5.89. The summed E-state index contributed by atoms with van der Waals surface area (Å²) < 4.78 is 10.8. The van der Waals surface area contributed by atoms with Gasteiger partial charge in [0.1, 0.15) is 0 Å². The van der Waals surface area contributed by atoms with Crippen LogP contribution in [0.4, 0.5) is 0 Å². The number of hydrogen-bond acceptors (Lipinski definition) is 3. The number of allylic oxidation sites excluding steroid dienone is 2. The molecule has 0 amide bonds. The maximum atomic E-state index is 12.3. The zero-order valence-electron chi connectivity index (χ0n) is 13.5. The number of ether oxygens (including phenoxy) is 2. The number of benzene rings is 1. The van der Waals surface area contributed by atoms with E-state index in [4.69, 9.17) is 9.47 Å². The van der Waals surface area contributed by atoms with Gasteiger partial charge in [0.2, 0.25) is 0 Å². The van der Waals surface area contributed by atoms with Gasteiger partial charge in [-0.05, 0) is 24.0 Å². The maximum Gasteiger partial charge on any atom is 0.336 e. The zero-order valence-corrected chi connectivity index (χ0v) is 13.5. The van der Waals surface area contributed by atoms with Crippen LogP contribution in [0.1, 0.15) is 37.8 Å². The molecule has 0 aromatic heterocycles. The molecular weight excluding hydrogens is 276 g/mol. The lowest BCUT2D eigenvalue weighted by Crippen LogP contribution is -2.16. The number of esters is 1. The Labute approximate surface area is 132 Å². The summed E-state index contributed by atoms with van der Waals surface area (Å²) in [5.41, 5.74) is 3.01. The van der Waals surface area contributed by atoms with Gasteiger partial charge < -0.3 is 9.47 Å². The standard InChI is InChI=1S/C19H24O3/c1-4-21-13-17(19(20)22-12-14(2)3)11-16-10-9-15-7-5-6-8-18(15)16/h5-11,14,16H,4,12-13H2,1-3H3. The Balaban J connectivity index is 2.15. The van der Waals surface area contributed by atoms with Crippen LogP contribution in [-0.4, -0.2) is 25.8 Å². The van der Waals surface area contributed by atoms with Crippen molar-refractivity contribution in [1.82, 2.24) is 0 Å². The third-order valence-electron chi connectivity index (χ3n) is 3.49. The Hall–Kier alpha value is -1.87. The molecule has 118 valence electrons. The predicted octanol–water partition coefficient (Wildman–Crippen LogP) is 3.96. The predicted molar refractivity (Wildman–Crippen MR) is 88.6 cm³/mol. The molecule has 0 aliphatic heterocycles. The van der Waals surface area contributed by atoms with Gasteiger partial charge in [0.15, 0.2) is 0 Å². The minimum atomic E-state index is -0.278. The fourth-order valence-electron chi connectivity index (χ4n) is 2.36. The Kier molecular flexibility index (Phi) is 5.96. The molecule has 3 nitrogen and oxygen atoms in total. The molecule has 1 aromatic carbocycles. The molecule has 2 rings (SSSR count). The first-order chi connectivity index (χ1) is 10.6. The zero-order chi connectivity index (χ0) is 15.9. The summed E-state index contributed by atoms with van der Waals surface area (Å²) in [4.78, 5) is 12.3. The van der Waals surface area contributed by atoms with Crippen LogP contribution < -0.4 is 0 Å². The first-order valence-corrected chi connectivity index (χ1v) is 7.84. The molecule has 1 aliphatic carbocycles. The fraction of sp³-hybridized carbons (Fsp3) is 0.421. The highest BCUT2D eigenvalue weighted by atomic mass is 16.5. The van der Waals surface area contributed by atoms with Crippen molar-refractivity contribution in [3.05, 3.63) is 53.1 Å². The minimum absolute atomic E-state index is 0.109. The Morgan fingerprint density at radius 1 is 1.32 bits per heavy atom. The van der Waals surface area contributed by atoms with Crippen LogP contribution in [0.2, 0.25) is 0 Å². The highest BCUT2D eigenvalue weighted by Crippen LogP contribution is 2.31. The quantitative estimate of drug-likeness (QED) is 0.565. The molecule has 0 heterocycles. The molecule has 0 bridgehead atoms. The summed E-state index contributed by atoms with van der Waals surface area (Å²) in [6.45, 7) is 7.26. The average Bonchev–Trinajstić information content (AvgIpc) is 2.92. The molecule has 3 heteroatoms. The van der Waals surface area contributed by atoms with Crippen LogP contribution in [0.3, 0.4) is 0 Å². The SMILES string of the molecule is CCOCC(=CC1C=Cc2ccccc21)C(=O)OCC(C)C. The van der Waals surface area contributed by atoms with Crippen LogP contribution in [-0.2, 0) is 14.3 Å². The van der Waals surface area contributed by atoms with Gasteiger partial charge in [0, 0.05) is 12.5 Å². The topological polar surface area (TPSA) is 35.5 Å². The normalized spacial score (nSPS) is 16.9.